The van der Waals surface area contributed by atoms with Gasteiger partial charge in [-0.05, 0) is 37.8 Å². The summed E-state index contributed by atoms with van der Waals surface area (Å²) in [6.07, 6.45) is 2.67. The maximum atomic E-state index is 12.8. The summed E-state index contributed by atoms with van der Waals surface area (Å²) in [5, 5.41) is 2.78. The lowest BCUT2D eigenvalue weighted by Gasteiger charge is -2.19. The van der Waals surface area contributed by atoms with E-state index in [0.717, 1.165) is 16.7 Å². The van der Waals surface area contributed by atoms with Crippen LogP contribution in [-0.2, 0) is 43.4 Å². The first-order valence-corrected chi connectivity index (χ1v) is 12.4. The number of carbonyl (C=O) groups is 4. The fraction of sp³-hybridized carbons (Fsp3) is 0.379. The lowest BCUT2D eigenvalue weighted by Crippen LogP contribution is -2.24. The number of carbonyl (C=O) groups excluding carboxylic acids is 4. The van der Waals surface area contributed by atoms with Crippen LogP contribution in [0.25, 0.3) is 0 Å². The molecule has 0 aromatic heterocycles. The number of ether oxygens (including phenoxy) is 4. The fourth-order valence-corrected chi connectivity index (χ4v) is 4.17. The van der Waals surface area contributed by atoms with Gasteiger partial charge in [0.2, 0.25) is 5.91 Å². The van der Waals surface area contributed by atoms with E-state index in [0.29, 0.717) is 29.8 Å². The molecule has 202 valence electrons. The van der Waals surface area contributed by atoms with E-state index >= 15 is 0 Å². The second-order valence-electron chi connectivity index (χ2n) is 8.96. The summed E-state index contributed by atoms with van der Waals surface area (Å²) in [6, 6.07) is 9.44. The zero-order chi connectivity index (χ0) is 27.7. The zero-order valence-corrected chi connectivity index (χ0v) is 22.2. The van der Waals surface area contributed by atoms with Crippen molar-refractivity contribution in [2.75, 3.05) is 14.2 Å². The average Bonchev–Trinajstić information content (AvgIpc) is 3.32. The summed E-state index contributed by atoms with van der Waals surface area (Å²) in [5.74, 6) is -1.27. The molecule has 1 N–H and O–H groups in total. The molecule has 1 amide bonds. The SMILES string of the molecule is COC(=O)CC/C(C)=C/Cc1c(OC)c(C)c2c(c1OC(=O)CCC(=O)NCc1ccccc1)C(=O)OC2. The predicted octanol–water partition coefficient (Wildman–Crippen LogP) is 4.12. The highest BCUT2D eigenvalue weighted by Crippen LogP contribution is 2.43. The van der Waals surface area contributed by atoms with Crippen LogP contribution in [-0.4, -0.2) is 38.0 Å². The van der Waals surface area contributed by atoms with Gasteiger partial charge in [-0.2, -0.15) is 0 Å². The van der Waals surface area contributed by atoms with Gasteiger partial charge < -0.3 is 24.3 Å². The van der Waals surface area contributed by atoms with Crippen LogP contribution < -0.4 is 14.8 Å². The number of allylic oxidation sites excluding steroid dienone is 2. The van der Waals surface area contributed by atoms with Crippen molar-refractivity contribution in [2.45, 2.75) is 59.1 Å². The van der Waals surface area contributed by atoms with Crippen molar-refractivity contribution in [2.24, 2.45) is 0 Å². The van der Waals surface area contributed by atoms with Gasteiger partial charge >= 0.3 is 17.9 Å². The molecule has 1 heterocycles. The number of amides is 1. The minimum atomic E-state index is -0.652. The van der Waals surface area contributed by atoms with Gasteiger partial charge in [0.25, 0.3) is 0 Å². The Balaban J connectivity index is 1.77. The van der Waals surface area contributed by atoms with Crippen LogP contribution in [0.5, 0.6) is 11.5 Å². The Labute approximate surface area is 222 Å². The van der Waals surface area contributed by atoms with Gasteiger partial charge in [0, 0.05) is 30.5 Å². The van der Waals surface area contributed by atoms with E-state index in [-0.39, 0.29) is 55.5 Å². The number of fused-ring (bicyclic) bond motifs is 1. The molecule has 0 spiro atoms. The van der Waals surface area contributed by atoms with Gasteiger partial charge in [-0.3, -0.25) is 14.4 Å². The third kappa shape index (κ3) is 7.21. The highest BCUT2D eigenvalue weighted by molar-refractivity contribution is 5.99. The third-order valence-corrected chi connectivity index (χ3v) is 6.34. The number of cyclic esters (lactones) is 1. The molecule has 0 unspecified atom stereocenters. The molecule has 0 saturated carbocycles. The Morgan fingerprint density at radius 1 is 1.00 bits per heavy atom. The first kappa shape index (κ1) is 28.4. The molecule has 3 rings (SSSR count). The van der Waals surface area contributed by atoms with E-state index < -0.39 is 11.9 Å². The van der Waals surface area contributed by atoms with Crippen LogP contribution in [0.4, 0.5) is 0 Å². The standard InChI is InChI=1S/C29H33NO8/c1-18(11-14-24(32)35-3)10-12-21-27(36-4)19(2)22-17-37-29(34)26(22)28(21)38-25(33)15-13-23(31)30-16-20-8-6-5-7-9-20/h5-10H,11-17H2,1-4H3,(H,30,31)/b18-10+. The number of esters is 3. The van der Waals surface area contributed by atoms with Crippen molar-refractivity contribution in [3.8, 4) is 11.5 Å². The zero-order valence-electron chi connectivity index (χ0n) is 22.2. The number of hydrogen-bond donors (Lipinski definition) is 1. The monoisotopic (exact) mass is 523 g/mol. The fourth-order valence-electron chi connectivity index (χ4n) is 4.17. The second-order valence-corrected chi connectivity index (χ2v) is 8.96. The lowest BCUT2D eigenvalue weighted by molar-refractivity contribution is -0.140. The molecule has 0 bridgehead atoms. The van der Waals surface area contributed by atoms with Crippen LogP contribution >= 0.6 is 0 Å². The van der Waals surface area contributed by atoms with Gasteiger partial charge in [-0.15, -0.1) is 0 Å². The summed E-state index contributed by atoms with van der Waals surface area (Å²) >= 11 is 0. The summed E-state index contributed by atoms with van der Waals surface area (Å²) < 4.78 is 21.3. The molecule has 0 radical (unpaired) electrons. The normalized spacial score (nSPS) is 12.4. The smallest absolute Gasteiger partial charge is 0.342 e. The topological polar surface area (TPSA) is 117 Å². The van der Waals surface area contributed by atoms with Crippen LogP contribution in [0, 0.1) is 6.92 Å². The maximum absolute atomic E-state index is 12.8. The molecular weight excluding hydrogens is 490 g/mol. The molecule has 0 atom stereocenters. The van der Waals surface area contributed by atoms with E-state index in [1.807, 2.05) is 50.3 Å². The van der Waals surface area contributed by atoms with E-state index in [9.17, 15) is 19.2 Å². The molecule has 38 heavy (non-hydrogen) atoms. The predicted molar refractivity (Wildman–Crippen MR) is 139 cm³/mol. The molecule has 1 aliphatic rings. The number of rotatable bonds is 12. The Kier molecular flexibility index (Phi) is 10.0. The van der Waals surface area contributed by atoms with Crippen LogP contribution in [0.2, 0.25) is 0 Å². The summed E-state index contributed by atoms with van der Waals surface area (Å²) in [7, 11) is 2.85. The maximum Gasteiger partial charge on any atom is 0.342 e. The van der Waals surface area contributed by atoms with Crippen molar-refractivity contribution in [1.29, 1.82) is 0 Å². The minimum Gasteiger partial charge on any atom is -0.496 e. The molecule has 0 fully saturated rings. The first-order chi connectivity index (χ1) is 18.2. The van der Waals surface area contributed by atoms with Crippen molar-refractivity contribution in [1.82, 2.24) is 5.32 Å². The largest absolute Gasteiger partial charge is 0.496 e. The summed E-state index contributed by atoms with van der Waals surface area (Å²) in [6.45, 7) is 4.11. The Morgan fingerprint density at radius 2 is 1.71 bits per heavy atom. The lowest BCUT2D eigenvalue weighted by atomic mass is 9.94. The number of benzene rings is 2. The molecule has 9 nitrogen and oxygen atoms in total. The molecule has 1 aliphatic heterocycles. The molecule has 2 aromatic carbocycles. The van der Waals surface area contributed by atoms with Gasteiger partial charge in [0.05, 0.1) is 20.6 Å². The first-order valence-electron chi connectivity index (χ1n) is 12.4. The molecule has 0 saturated heterocycles. The van der Waals surface area contributed by atoms with Gasteiger partial charge in [0.1, 0.15) is 17.9 Å². The molecule has 9 heteroatoms. The van der Waals surface area contributed by atoms with Crippen LogP contribution in [0.15, 0.2) is 42.0 Å². The number of methoxy groups -OCH3 is 2. The molecule has 2 aromatic rings. The van der Waals surface area contributed by atoms with Crippen molar-refractivity contribution in [3.05, 3.63) is 69.8 Å². The summed E-state index contributed by atoms with van der Waals surface area (Å²) in [4.78, 5) is 49.2. The highest BCUT2D eigenvalue weighted by atomic mass is 16.6. The average molecular weight is 524 g/mol. The van der Waals surface area contributed by atoms with Gasteiger partial charge in [-0.25, -0.2) is 4.79 Å². The molecular formula is C29H33NO8. The van der Waals surface area contributed by atoms with Crippen LogP contribution in [0.3, 0.4) is 0 Å². The van der Waals surface area contributed by atoms with Crippen molar-refractivity contribution >= 4 is 23.8 Å². The van der Waals surface area contributed by atoms with Crippen LogP contribution in [0.1, 0.15) is 65.2 Å². The minimum absolute atomic E-state index is 0.0527. The van der Waals surface area contributed by atoms with E-state index in [1.165, 1.54) is 14.2 Å². The van der Waals surface area contributed by atoms with E-state index in [2.05, 4.69) is 5.32 Å². The van der Waals surface area contributed by atoms with Gasteiger partial charge in [0.15, 0.2) is 5.75 Å². The summed E-state index contributed by atoms with van der Waals surface area (Å²) in [5.41, 5.74) is 3.91. The third-order valence-electron chi connectivity index (χ3n) is 6.34. The Bertz CT molecular complexity index is 1230. The number of hydrogen-bond acceptors (Lipinski definition) is 8. The molecule has 0 aliphatic carbocycles. The van der Waals surface area contributed by atoms with E-state index in [1.54, 1.807) is 0 Å². The van der Waals surface area contributed by atoms with Gasteiger partial charge in [-0.1, -0.05) is 42.0 Å². The second kappa shape index (κ2) is 13.4. The number of nitrogens with one attached hydrogen (secondary N) is 1. The van der Waals surface area contributed by atoms with Crippen molar-refractivity contribution in [3.63, 3.8) is 0 Å². The highest BCUT2D eigenvalue weighted by Gasteiger charge is 2.34. The quantitative estimate of drug-likeness (QED) is 0.251. The van der Waals surface area contributed by atoms with Crippen molar-refractivity contribution < 1.29 is 38.1 Å². The van der Waals surface area contributed by atoms with E-state index in [4.69, 9.17) is 18.9 Å². The Morgan fingerprint density at radius 3 is 2.39 bits per heavy atom. The Hall–Kier alpha value is -4.14.